The van der Waals surface area contributed by atoms with Gasteiger partial charge in [-0.2, -0.15) is 0 Å². The Bertz CT molecular complexity index is 347. The summed E-state index contributed by atoms with van der Waals surface area (Å²) in [6.45, 7) is 0.578. The van der Waals surface area contributed by atoms with E-state index < -0.39 is 0 Å². The Balaban J connectivity index is 2.43. The van der Waals surface area contributed by atoms with E-state index in [4.69, 9.17) is 22.1 Å². The lowest BCUT2D eigenvalue weighted by molar-refractivity contribution is 0.183. The van der Waals surface area contributed by atoms with Crippen LogP contribution in [0.4, 0.5) is 0 Å². The minimum Gasteiger partial charge on any atom is -0.380 e. The first-order valence-electron chi connectivity index (χ1n) is 4.73. The number of nitrogens with two attached hydrogens (primary N) is 1. The van der Waals surface area contributed by atoms with Crippen LogP contribution in [0.15, 0.2) is 18.2 Å². The summed E-state index contributed by atoms with van der Waals surface area (Å²) in [6, 6.07) is 5.85. The Hall–Kier alpha value is -0.570. The van der Waals surface area contributed by atoms with Gasteiger partial charge in [0.05, 0.1) is 6.61 Å². The minimum atomic E-state index is -0.188. The molecule has 1 saturated carbocycles. The number of halogens is 1. The quantitative estimate of drug-likeness (QED) is 0.834. The highest BCUT2D eigenvalue weighted by Gasteiger charge is 2.42. The van der Waals surface area contributed by atoms with Crippen molar-refractivity contribution in [2.45, 2.75) is 25.0 Å². The van der Waals surface area contributed by atoms with Gasteiger partial charge in [0.2, 0.25) is 0 Å². The molecule has 2 N–H and O–H groups in total. The Labute approximate surface area is 89.0 Å². The lowest BCUT2D eigenvalue weighted by Crippen LogP contribution is -2.21. The SMILES string of the molecule is COCc1cccc(Cl)c1C1(N)CC1. The van der Waals surface area contributed by atoms with E-state index in [1.54, 1.807) is 7.11 Å². The Morgan fingerprint density at radius 2 is 2.21 bits per heavy atom. The number of hydrogen-bond donors (Lipinski definition) is 1. The molecule has 0 radical (unpaired) electrons. The van der Waals surface area contributed by atoms with E-state index in [-0.39, 0.29) is 5.54 Å². The summed E-state index contributed by atoms with van der Waals surface area (Å²) in [4.78, 5) is 0. The Morgan fingerprint density at radius 3 is 2.79 bits per heavy atom. The lowest BCUT2D eigenvalue weighted by atomic mass is 9.99. The molecule has 0 aromatic heterocycles. The second-order valence-corrected chi connectivity index (χ2v) is 4.27. The Kier molecular flexibility index (Phi) is 2.52. The monoisotopic (exact) mass is 211 g/mol. The smallest absolute Gasteiger partial charge is 0.0716 e. The summed E-state index contributed by atoms with van der Waals surface area (Å²) in [5.41, 5.74) is 8.16. The topological polar surface area (TPSA) is 35.2 Å². The maximum atomic E-state index is 6.16. The van der Waals surface area contributed by atoms with Crippen LogP contribution in [0.25, 0.3) is 0 Å². The zero-order chi connectivity index (χ0) is 10.2. The molecule has 0 amide bonds. The Morgan fingerprint density at radius 1 is 1.50 bits per heavy atom. The van der Waals surface area contributed by atoms with Crippen LogP contribution in [0.5, 0.6) is 0 Å². The molecule has 1 aromatic carbocycles. The molecule has 0 unspecified atom stereocenters. The molecular formula is C11H14ClNO. The molecule has 76 valence electrons. The predicted molar refractivity (Wildman–Crippen MR) is 57.3 cm³/mol. The van der Waals surface area contributed by atoms with Crippen LogP contribution in [0.2, 0.25) is 5.02 Å². The molecule has 1 aliphatic rings. The molecule has 0 saturated heterocycles. The highest BCUT2D eigenvalue weighted by atomic mass is 35.5. The molecule has 1 aromatic rings. The van der Waals surface area contributed by atoms with Crippen molar-refractivity contribution in [3.8, 4) is 0 Å². The van der Waals surface area contributed by atoms with E-state index in [9.17, 15) is 0 Å². The molecule has 0 heterocycles. The van der Waals surface area contributed by atoms with Crippen LogP contribution in [0.3, 0.4) is 0 Å². The molecule has 1 aliphatic carbocycles. The number of hydrogen-bond acceptors (Lipinski definition) is 2. The van der Waals surface area contributed by atoms with E-state index in [1.165, 1.54) is 0 Å². The fraction of sp³-hybridized carbons (Fsp3) is 0.455. The van der Waals surface area contributed by atoms with Gasteiger partial charge in [-0.3, -0.25) is 0 Å². The molecule has 0 bridgehead atoms. The van der Waals surface area contributed by atoms with Crippen LogP contribution in [0, 0.1) is 0 Å². The first-order valence-corrected chi connectivity index (χ1v) is 5.11. The first-order chi connectivity index (χ1) is 6.67. The summed E-state index contributed by atoms with van der Waals surface area (Å²) >= 11 is 6.15. The largest absolute Gasteiger partial charge is 0.380 e. The average Bonchev–Trinajstić information content (AvgIpc) is 2.85. The fourth-order valence-corrected chi connectivity index (χ4v) is 2.17. The van der Waals surface area contributed by atoms with Crippen LogP contribution in [-0.2, 0) is 16.9 Å². The maximum Gasteiger partial charge on any atom is 0.0716 e. The fourth-order valence-electron chi connectivity index (χ4n) is 1.79. The molecular weight excluding hydrogens is 198 g/mol. The highest BCUT2D eigenvalue weighted by molar-refractivity contribution is 6.31. The molecule has 2 rings (SSSR count). The van der Waals surface area contributed by atoms with Gasteiger partial charge in [-0.15, -0.1) is 0 Å². The normalized spacial score (nSPS) is 18.2. The van der Waals surface area contributed by atoms with Crippen LogP contribution in [0.1, 0.15) is 24.0 Å². The number of benzene rings is 1. The first kappa shape index (κ1) is 9.97. The van der Waals surface area contributed by atoms with Gasteiger partial charge in [0.15, 0.2) is 0 Å². The van der Waals surface area contributed by atoms with Gasteiger partial charge >= 0.3 is 0 Å². The number of ether oxygens (including phenoxy) is 1. The standard InChI is InChI=1S/C11H14ClNO/c1-14-7-8-3-2-4-9(12)10(8)11(13)5-6-11/h2-4H,5-7,13H2,1H3. The average molecular weight is 212 g/mol. The molecule has 2 nitrogen and oxygen atoms in total. The number of methoxy groups -OCH3 is 1. The summed E-state index contributed by atoms with van der Waals surface area (Å²) in [7, 11) is 1.68. The van der Waals surface area contributed by atoms with Gasteiger partial charge in [0.1, 0.15) is 0 Å². The lowest BCUT2D eigenvalue weighted by Gasteiger charge is -2.16. The molecule has 1 fully saturated rings. The second-order valence-electron chi connectivity index (χ2n) is 3.86. The molecule has 0 aliphatic heterocycles. The van der Waals surface area contributed by atoms with Crippen LogP contribution in [-0.4, -0.2) is 7.11 Å². The number of rotatable bonds is 3. The van der Waals surface area contributed by atoms with Gasteiger partial charge in [-0.25, -0.2) is 0 Å². The third-order valence-corrected chi connectivity index (χ3v) is 3.00. The van der Waals surface area contributed by atoms with Crippen molar-refractivity contribution >= 4 is 11.6 Å². The molecule has 14 heavy (non-hydrogen) atoms. The van der Waals surface area contributed by atoms with E-state index >= 15 is 0 Å². The second kappa shape index (κ2) is 3.54. The van der Waals surface area contributed by atoms with E-state index in [2.05, 4.69) is 0 Å². The highest BCUT2D eigenvalue weighted by Crippen LogP contribution is 2.47. The minimum absolute atomic E-state index is 0.188. The van der Waals surface area contributed by atoms with Gasteiger partial charge in [0, 0.05) is 17.7 Å². The zero-order valence-corrected chi connectivity index (χ0v) is 8.97. The summed E-state index contributed by atoms with van der Waals surface area (Å²) < 4.78 is 5.13. The van der Waals surface area contributed by atoms with E-state index in [1.807, 2.05) is 18.2 Å². The van der Waals surface area contributed by atoms with Crippen molar-refractivity contribution in [1.29, 1.82) is 0 Å². The summed E-state index contributed by atoms with van der Waals surface area (Å²) in [5.74, 6) is 0. The zero-order valence-electron chi connectivity index (χ0n) is 8.22. The molecule has 0 spiro atoms. The predicted octanol–water partition coefficient (Wildman–Crippen LogP) is 2.43. The van der Waals surface area contributed by atoms with Crippen molar-refractivity contribution in [3.63, 3.8) is 0 Å². The van der Waals surface area contributed by atoms with Crippen molar-refractivity contribution in [2.75, 3.05) is 7.11 Å². The summed E-state index contributed by atoms with van der Waals surface area (Å²) in [6.07, 6.45) is 2.04. The third-order valence-electron chi connectivity index (χ3n) is 2.69. The molecule has 3 heteroatoms. The maximum absolute atomic E-state index is 6.16. The van der Waals surface area contributed by atoms with Gasteiger partial charge in [-0.05, 0) is 30.0 Å². The van der Waals surface area contributed by atoms with Crippen LogP contribution < -0.4 is 5.73 Å². The van der Waals surface area contributed by atoms with Crippen molar-refractivity contribution in [3.05, 3.63) is 34.3 Å². The van der Waals surface area contributed by atoms with E-state index in [0.29, 0.717) is 6.61 Å². The van der Waals surface area contributed by atoms with E-state index in [0.717, 1.165) is 29.0 Å². The van der Waals surface area contributed by atoms with Crippen molar-refractivity contribution in [2.24, 2.45) is 5.73 Å². The third kappa shape index (κ3) is 1.65. The van der Waals surface area contributed by atoms with Crippen molar-refractivity contribution in [1.82, 2.24) is 0 Å². The van der Waals surface area contributed by atoms with Gasteiger partial charge in [0.25, 0.3) is 0 Å². The van der Waals surface area contributed by atoms with Crippen LogP contribution >= 0.6 is 11.6 Å². The summed E-state index contributed by atoms with van der Waals surface area (Å²) in [5, 5.41) is 0.763. The van der Waals surface area contributed by atoms with Crippen molar-refractivity contribution < 1.29 is 4.74 Å². The van der Waals surface area contributed by atoms with Gasteiger partial charge in [-0.1, -0.05) is 23.7 Å². The van der Waals surface area contributed by atoms with Gasteiger partial charge < -0.3 is 10.5 Å². The molecule has 0 atom stereocenters.